The maximum Gasteiger partial charge on any atom is 0.122 e. The fraction of sp³-hybridized carbons (Fsp3) is 0.429. The van der Waals surface area contributed by atoms with Crippen molar-refractivity contribution in [1.29, 1.82) is 0 Å². The van der Waals surface area contributed by atoms with E-state index in [1.165, 1.54) is 11.1 Å². The van der Waals surface area contributed by atoms with E-state index in [1.807, 2.05) is 12.2 Å². The molecule has 0 aliphatic carbocycles. The van der Waals surface area contributed by atoms with Gasteiger partial charge in [0.1, 0.15) is 12.4 Å². The first-order valence-electron chi connectivity index (χ1n) is 5.59. The van der Waals surface area contributed by atoms with Gasteiger partial charge in [-0.15, -0.1) is 11.6 Å². The van der Waals surface area contributed by atoms with Gasteiger partial charge in [0.25, 0.3) is 0 Å². The van der Waals surface area contributed by atoms with Gasteiger partial charge < -0.3 is 4.74 Å². The fourth-order valence-electron chi connectivity index (χ4n) is 1.40. The molecule has 0 amide bonds. The monoisotopic (exact) mass is 238 g/mol. The third-order valence-corrected chi connectivity index (χ3v) is 2.65. The van der Waals surface area contributed by atoms with E-state index in [0.29, 0.717) is 18.4 Å². The lowest BCUT2D eigenvalue weighted by molar-refractivity contribution is 0.359. The third kappa shape index (κ3) is 3.90. The van der Waals surface area contributed by atoms with Gasteiger partial charge in [0.2, 0.25) is 0 Å². The van der Waals surface area contributed by atoms with Gasteiger partial charge >= 0.3 is 0 Å². The first-order valence-corrected chi connectivity index (χ1v) is 6.13. The summed E-state index contributed by atoms with van der Waals surface area (Å²) in [6.07, 6.45) is 3.83. The predicted molar refractivity (Wildman–Crippen MR) is 70.6 cm³/mol. The predicted octanol–water partition coefficient (Wildman–Crippen LogP) is 4.29. The van der Waals surface area contributed by atoms with Crippen molar-refractivity contribution in [3.63, 3.8) is 0 Å². The lowest BCUT2D eigenvalue weighted by Crippen LogP contribution is -1.97. The van der Waals surface area contributed by atoms with Crippen LogP contribution < -0.4 is 4.74 Å². The highest BCUT2D eigenvalue weighted by Crippen LogP contribution is 2.24. The van der Waals surface area contributed by atoms with Crippen LogP contribution in [0, 0.1) is 6.92 Å². The highest BCUT2D eigenvalue weighted by atomic mass is 35.5. The Hall–Kier alpha value is -0.950. The van der Waals surface area contributed by atoms with Crippen molar-refractivity contribution < 1.29 is 4.74 Å². The van der Waals surface area contributed by atoms with Crippen molar-refractivity contribution in [2.45, 2.75) is 26.7 Å². The van der Waals surface area contributed by atoms with Crippen LogP contribution in [0.4, 0.5) is 0 Å². The Morgan fingerprint density at radius 3 is 2.69 bits per heavy atom. The molecule has 88 valence electrons. The van der Waals surface area contributed by atoms with Crippen LogP contribution >= 0.6 is 11.6 Å². The summed E-state index contributed by atoms with van der Waals surface area (Å²) >= 11 is 5.54. The van der Waals surface area contributed by atoms with Gasteiger partial charge in [0.05, 0.1) is 0 Å². The van der Waals surface area contributed by atoms with Crippen molar-refractivity contribution >= 4 is 11.6 Å². The molecule has 0 aliphatic heterocycles. The van der Waals surface area contributed by atoms with Crippen LogP contribution in [0.1, 0.15) is 30.9 Å². The minimum Gasteiger partial charge on any atom is -0.489 e. The molecule has 1 rings (SSSR count). The molecule has 2 heteroatoms. The number of halogens is 1. The summed E-state index contributed by atoms with van der Waals surface area (Å²) in [7, 11) is 0. The smallest absolute Gasteiger partial charge is 0.122 e. The average Bonchev–Trinajstić information content (AvgIpc) is 2.26. The van der Waals surface area contributed by atoms with Crippen LogP contribution in [-0.4, -0.2) is 12.5 Å². The minimum atomic E-state index is 0.529. The normalized spacial score (nSPS) is 11.3. The fourth-order valence-corrected chi connectivity index (χ4v) is 1.53. The molecular formula is C14H19ClO. The van der Waals surface area contributed by atoms with Crippen LogP contribution in [0.5, 0.6) is 5.75 Å². The second kappa shape index (κ2) is 6.59. The number of aryl methyl sites for hydroxylation is 1. The molecule has 0 saturated heterocycles. The number of hydrogen-bond acceptors (Lipinski definition) is 1. The average molecular weight is 239 g/mol. The van der Waals surface area contributed by atoms with Gasteiger partial charge in [-0.2, -0.15) is 0 Å². The standard InChI is InChI=1S/C14H19ClO/c1-11(2)13-7-6-12(3)14(10-13)16-9-5-4-8-15/h4-7,10-11H,8-9H2,1-3H3. The van der Waals surface area contributed by atoms with E-state index in [2.05, 4.69) is 39.0 Å². The van der Waals surface area contributed by atoms with E-state index in [-0.39, 0.29) is 0 Å². The van der Waals surface area contributed by atoms with Crippen LogP contribution in [0.3, 0.4) is 0 Å². The molecule has 16 heavy (non-hydrogen) atoms. The van der Waals surface area contributed by atoms with E-state index < -0.39 is 0 Å². The highest BCUT2D eigenvalue weighted by molar-refractivity contribution is 6.18. The first kappa shape index (κ1) is 13.1. The van der Waals surface area contributed by atoms with E-state index in [4.69, 9.17) is 16.3 Å². The number of allylic oxidation sites excluding steroid dienone is 1. The van der Waals surface area contributed by atoms with E-state index in [0.717, 1.165) is 5.75 Å². The Labute approximate surface area is 103 Å². The first-order chi connectivity index (χ1) is 7.65. The molecule has 1 aromatic rings. The van der Waals surface area contributed by atoms with Crippen LogP contribution in [0.15, 0.2) is 30.4 Å². The molecule has 0 radical (unpaired) electrons. The Morgan fingerprint density at radius 1 is 1.31 bits per heavy atom. The number of hydrogen-bond donors (Lipinski definition) is 0. The number of ether oxygens (including phenoxy) is 1. The SMILES string of the molecule is Cc1ccc(C(C)C)cc1OCC=CCCl. The number of benzene rings is 1. The quantitative estimate of drug-likeness (QED) is 0.549. The topological polar surface area (TPSA) is 9.23 Å². The second-order valence-corrected chi connectivity index (χ2v) is 4.42. The van der Waals surface area contributed by atoms with Gasteiger partial charge in [-0.05, 0) is 30.0 Å². The molecule has 0 spiro atoms. The van der Waals surface area contributed by atoms with Crippen LogP contribution in [0.25, 0.3) is 0 Å². The van der Waals surface area contributed by atoms with Crippen molar-refractivity contribution in [3.05, 3.63) is 41.5 Å². The van der Waals surface area contributed by atoms with Crippen molar-refractivity contribution in [1.82, 2.24) is 0 Å². The van der Waals surface area contributed by atoms with Crippen molar-refractivity contribution in [2.24, 2.45) is 0 Å². The van der Waals surface area contributed by atoms with E-state index >= 15 is 0 Å². The second-order valence-electron chi connectivity index (χ2n) is 4.12. The Morgan fingerprint density at radius 2 is 2.06 bits per heavy atom. The molecule has 0 fully saturated rings. The van der Waals surface area contributed by atoms with Gasteiger partial charge in [0.15, 0.2) is 0 Å². The molecule has 0 atom stereocenters. The summed E-state index contributed by atoms with van der Waals surface area (Å²) in [5.41, 5.74) is 2.48. The third-order valence-electron chi connectivity index (χ3n) is 2.47. The molecule has 1 aromatic carbocycles. The summed E-state index contributed by atoms with van der Waals surface area (Å²) in [4.78, 5) is 0. The molecular weight excluding hydrogens is 220 g/mol. The van der Waals surface area contributed by atoms with E-state index in [1.54, 1.807) is 0 Å². The van der Waals surface area contributed by atoms with E-state index in [9.17, 15) is 0 Å². The Balaban J connectivity index is 2.70. The van der Waals surface area contributed by atoms with Gasteiger partial charge in [-0.25, -0.2) is 0 Å². The molecule has 0 unspecified atom stereocenters. The lowest BCUT2D eigenvalue weighted by atomic mass is 10.0. The molecule has 0 aromatic heterocycles. The zero-order valence-electron chi connectivity index (χ0n) is 10.2. The van der Waals surface area contributed by atoms with Crippen LogP contribution in [-0.2, 0) is 0 Å². The van der Waals surface area contributed by atoms with Crippen molar-refractivity contribution in [3.8, 4) is 5.75 Å². The number of rotatable bonds is 5. The maximum absolute atomic E-state index is 5.68. The van der Waals surface area contributed by atoms with Crippen LogP contribution in [0.2, 0.25) is 0 Å². The highest BCUT2D eigenvalue weighted by Gasteiger charge is 2.03. The molecule has 0 aliphatic rings. The molecule has 0 N–H and O–H groups in total. The number of alkyl halides is 1. The van der Waals surface area contributed by atoms with Gasteiger partial charge in [0, 0.05) is 5.88 Å². The van der Waals surface area contributed by atoms with Gasteiger partial charge in [-0.3, -0.25) is 0 Å². The lowest BCUT2D eigenvalue weighted by Gasteiger charge is -2.11. The zero-order valence-corrected chi connectivity index (χ0v) is 10.9. The molecule has 0 bridgehead atoms. The maximum atomic E-state index is 5.68. The van der Waals surface area contributed by atoms with Crippen molar-refractivity contribution in [2.75, 3.05) is 12.5 Å². The zero-order chi connectivity index (χ0) is 12.0. The Bertz CT molecular complexity index is 356. The molecule has 0 heterocycles. The summed E-state index contributed by atoms with van der Waals surface area (Å²) < 4.78 is 5.68. The Kier molecular flexibility index (Phi) is 5.41. The largest absolute Gasteiger partial charge is 0.489 e. The van der Waals surface area contributed by atoms with Gasteiger partial charge in [-0.1, -0.05) is 38.1 Å². The summed E-state index contributed by atoms with van der Waals surface area (Å²) in [6, 6.07) is 6.38. The summed E-state index contributed by atoms with van der Waals surface area (Å²) in [5, 5.41) is 0. The summed E-state index contributed by atoms with van der Waals surface area (Å²) in [5.74, 6) is 2.03. The minimum absolute atomic E-state index is 0.529. The molecule has 1 nitrogen and oxygen atoms in total. The molecule has 0 saturated carbocycles. The summed E-state index contributed by atoms with van der Waals surface area (Å²) in [6.45, 7) is 7.00.